The first-order valence-electron chi connectivity index (χ1n) is 14.0. The maximum Gasteiger partial charge on any atom is 0.121 e. The van der Waals surface area contributed by atoms with Crippen molar-refractivity contribution in [2.45, 2.75) is 63.8 Å². The number of aryl methyl sites for hydroxylation is 1. The van der Waals surface area contributed by atoms with Crippen molar-refractivity contribution in [1.29, 1.82) is 0 Å². The Kier molecular flexibility index (Phi) is 6.64. The van der Waals surface area contributed by atoms with Gasteiger partial charge in [0, 0.05) is 0 Å². The first-order chi connectivity index (χ1) is 17.6. The second kappa shape index (κ2) is 10.1. The molecule has 36 heavy (non-hydrogen) atoms. The van der Waals surface area contributed by atoms with E-state index in [9.17, 15) is 0 Å². The number of ether oxygens (including phenoxy) is 1. The van der Waals surface area contributed by atoms with Crippen LogP contribution in [0.25, 0.3) is 0 Å². The highest BCUT2D eigenvalue weighted by Crippen LogP contribution is 2.62. The summed E-state index contributed by atoms with van der Waals surface area (Å²) in [6.07, 6.45) is 8.90. The van der Waals surface area contributed by atoms with E-state index < -0.39 is 8.80 Å². The van der Waals surface area contributed by atoms with Crippen LogP contribution in [0.3, 0.4) is 0 Å². The number of benzene rings is 3. The summed E-state index contributed by atoms with van der Waals surface area (Å²) < 4.78 is 6.33. The van der Waals surface area contributed by atoms with Crippen molar-refractivity contribution in [3.8, 4) is 5.75 Å². The average molecular weight is 492 g/mol. The lowest BCUT2D eigenvalue weighted by molar-refractivity contribution is 0.0816. The van der Waals surface area contributed by atoms with E-state index in [2.05, 4.69) is 92.4 Å². The summed E-state index contributed by atoms with van der Waals surface area (Å²) in [5.41, 5.74) is 5.11. The van der Waals surface area contributed by atoms with E-state index in [0.717, 1.165) is 36.5 Å². The fraction of sp³-hybridized carbons (Fsp3) is 0.412. The van der Waals surface area contributed by atoms with Gasteiger partial charge < -0.3 is 4.74 Å². The van der Waals surface area contributed by atoms with Gasteiger partial charge >= 0.3 is 0 Å². The molecule has 2 heteroatoms. The molecule has 3 unspecified atom stereocenters. The Bertz CT molecular complexity index is 1160. The van der Waals surface area contributed by atoms with Crippen LogP contribution in [-0.4, -0.2) is 15.4 Å². The lowest BCUT2D eigenvalue weighted by atomic mass is 9.55. The summed E-state index contributed by atoms with van der Waals surface area (Å²) in [5, 5.41) is 2.98. The molecule has 185 valence electrons. The summed E-state index contributed by atoms with van der Waals surface area (Å²) in [4.78, 5) is 0. The number of hydrogen-bond acceptors (Lipinski definition) is 1. The largest absolute Gasteiger partial charge is 0.494 e. The van der Waals surface area contributed by atoms with Gasteiger partial charge in [0.2, 0.25) is 0 Å². The van der Waals surface area contributed by atoms with Crippen LogP contribution < -0.4 is 15.1 Å². The number of hydrogen-bond donors (Lipinski definition) is 0. The summed E-state index contributed by atoms with van der Waals surface area (Å²) in [5.74, 6) is 3.50. The van der Waals surface area contributed by atoms with Crippen molar-refractivity contribution in [2.24, 2.45) is 17.3 Å². The van der Waals surface area contributed by atoms with Crippen molar-refractivity contribution in [3.63, 3.8) is 0 Å². The van der Waals surface area contributed by atoms with Crippen molar-refractivity contribution in [1.82, 2.24) is 0 Å². The molecular formula is C34H39OSi. The smallest absolute Gasteiger partial charge is 0.121 e. The average Bonchev–Trinajstić information content (AvgIpc) is 3.23. The highest BCUT2D eigenvalue weighted by molar-refractivity contribution is 6.85. The molecule has 0 N–H and O–H groups in total. The number of rotatable bonds is 7. The Labute approximate surface area is 219 Å². The third kappa shape index (κ3) is 4.38. The van der Waals surface area contributed by atoms with Gasteiger partial charge in [0.25, 0.3) is 0 Å². The highest BCUT2D eigenvalue weighted by atomic mass is 28.3. The van der Waals surface area contributed by atoms with E-state index in [1.165, 1.54) is 60.5 Å². The fourth-order valence-electron chi connectivity index (χ4n) is 7.73. The topological polar surface area (TPSA) is 9.23 Å². The molecule has 2 fully saturated rings. The Morgan fingerprint density at radius 3 is 2.33 bits per heavy atom. The quantitative estimate of drug-likeness (QED) is 0.193. The molecule has 2 saturated carbocycles. The summed E-state index contributed by atoms with van der Waals surface area (Å²) in [6.45, 7) is 7.77. The van der Waals surface area contributed by atoms with Crippen LogP contribution in [-0.2, 0) is 6.42 Å². The Hall–Kier alpha value is -2.58. The van der Waals surface area contributed by atoms with Crippen LogP contribution in [0.2, 0.25) is 6.04 Å². The predicted molar refractivity (Wildman–Crippen MR) is 153 cm³/mol. The van der Waals surface area contributed by atoms with Gasteiger partial charge in [-0.25, -0.2) is 0 Å². The molecule has 1 nitrogen and oxygen atoms in total. The molecule has 0 bridgehead atoms. The predicted octanol–water partition coefficient (Wildman–Crippen LogP) is 7.18. The van der Waals surface area contributed by atoms with Crippen molar-refractivity contribution < 1.29 is 4.74 Å². The number of fused-ring (bicyclic) bond motifs is 5. The van der Waals surface area contributed by atoms with E-state index in [1.54, 1.807) is 11.1 Å². The molecule has 4 atom stereocenters. The molecule has 0 saturated heterocycles. The van der Waals surface area contributed by atoms with Crippen molar-refractivity contribution >= 4 is 19.2 Å². The second-order valence-corrected chi connectivity index (χ2v) is 14.1. The summed E-state index contributed by atoms with van der Waals surface area (Å²) >= 11 is 0. The molecule has 3 aliphatic carbocycles. The lowest BCUT2D eigenvalue weighted by Gasteiger charge is -2.49. The minimum Gasteiger partial charge on any atom is -0.494 e. The zero-order chi connectivity index (χ0) is 24.5. The van der Waals surface area contributed by atoms with E-state index in [1.807, 2.05) is 0 Å². The van der Waals surface area contributed by atoms with Crippen LogP contribution in [0.5, 0.6) is 5.75 Å². The molecule has 0 amide bonds. The molecule has 0 heterocycles. The van der Waals surface area contributed by atoms with E-state index >= 15 is 0 Å². The maximum absolute atomic E-state index is 6.33. The minimum atomic E-state index is -0.783. The van der Waals surface area contributed by atoms with E-state index in [-0.39, 0.29) is 0 Å². The molecule has 0 spiro atoms. The molecule has 0 aliphatic heterocycles. The van der Waals surface area contributed by atoms with Gasteiger partial charge in [0.15, 0.2) is 0 Å². The molecule has 0 aromatic heterocycles. The first kappa shape index (κ1) is 23.8. The van der Waals surface area contributed by atoms with Gasteiger partial charge in [-0.05, 0) is 97.4 Å². The maximum atomic E-state index is 6.33. The Morgan fingerprint density at radius 2 is 1.61 bits per heavy atom. The lowest BCUT2D eigenvalue weighted by Crippen LogP contribution is -2.42. The van der Waals surface area contributed by atoms with Crippen LogP contribution in [0, 0.1) is 17.3 Å². The minimum absolute atomic E-state index is 0.404. The Balaban J connectivity index is 1.09. The standard InChI is InChI=1S/C34H39OSi/c1-25-14-19-33-32-17-15-26-24-27(16-18-30(26)31(32)20-21-34(25,33)2)35-22-9-23-36(28-10-5-3-6-11-28)29-12-7-4-8-13-29/h3-8,10-13,16,18,24,31-33H,1,9,14-15,17,19-23H2,2H3/t31?,32?,33?,34-/m1/s1. The normalized spacial score (nSPS) is 26.8. The summed E-state index contributed by atoms with van der Waals surface area (Å²) in [6, 6.07) is 30.4. The van der Waals surface area contributed by atoms with Crippen molar-refractivity contribution in [2.75, 3.05) is 6.61 Å². The van der Waals surface area contributed by atoms with E-state index in [0.29, 0.717) is 5.41 Å². The van der Waals surface area contributed by atoms with E-state index in [4.69, 9.17) is 4.74 Å². The first-order valence-corrected chi connectivity index (χ1v) is 15.7. The number of allylic oxidation sites excluding steroid dienone is 1. The van der Waals surface area contributed by atoms with Gasteiger partial charge in [-0.15, -0.1) is 0 Å². The summed E-state index contributed by atoms with van der Waals surface area (Å²) in [7, 11) is -0.783. The molecular weight excluding hydrogens is 452 g/mol. The van der Waals surface area contributed by atoms with Gasteiger partial charge in [0.1, 0.15) is 14.5 Å². The molecule has 1 radical (unpaired) electrons. The highest BCUT2D eigenvalue weighted by Gasteiger charge is 2.51. The van der Waals surface area contributed by atoms with Crippen molar-refractivity contribution in [3.05, 3.63) is 102 Å². The Morgan fingerprint density at radius 1 is 0.889 bits per heavy atom. The van der Waals surface area contributed by atoms with Gasteiger partial charge in [-0.3, -0.25) is 0 Å². The monoisotopic (exact) mass is 491 g/mol. The molecule has 3 aliphatic rings. The molecule has 3 aromatic rings. The third-order valence-electron chi connectivity index (χ3n) is 9.74. The SMILES string of the molecule is C=C1CCC2C3CCc4cc(OCCC[Si](c5ccccc5)c5ccccc5)ccc4C3CC[C@]12C. The van der Waals surface area contributed by atoms with Crippen LogP contribution in [0.4, 0.5) is 0 Å². The molecule has 6 rings (SSSR count). The van der Waals surface area contributed by atoms with Crippen LogP contribution in [0.1, 0.15) is 62.5 Å². The zero-order valence-corrected chi connectivity index (χ0v) is 22.7. The third-order valence-corrected chi connectivity index (χ3v) is 12.7. The van der Waals surface area contributed by atoms with Crippen LogP contribution in [0.15, 0.2) is 91.0 Å². The van der Waals surface area contributed by atoms with Crippen LogP contribution >= 0.6 is 0 Å². The zero-order valence-electron chi connectivity index (χ0n) is 21.7. The van der Waals surface area contributed by atoms with Gasteiger partial charge in [-0.1, -0.05) is 96.2 Å². The second-order valence-electron chi connectivity index (χ2n) is 11.5. The fourth-order valence-corrected chi connectivity index (χ4v) is 10.3. The van der Waals surface area contributed by atoms with Gasteiger partial charge in [-0.2, -0.15) is 0 Å². The molecule has 3 aromatic carbocycles. The van der Waals surface area contributed by atoms with Gasteiger partial charge in [0.05, 0.1) is 6.61 Å².